The van der Waals surface area contributed by atoms with E-state index in [1.54, 1.807) is 12.1 Å². The largest absolute Gasteiger partial charge is 0.478 e. The maximum Gasteiger partial charge on any atom is 0.328 e. The van der Waals surface area contributed by atoms with Gasteiger partial charge >= 0.3 is 5.97 Å². The van der Waals surface area contributed by atoms with Crippen molar-refractivity contribution in [1.82, 2.24) is 0 Å². The molecule has 1 heterocycles. The van der Waals surface area contributed by atoms with Gasteiger partial charge in [0, 0.05) is 19.2 Å². The van der Waals surface area contributed by atoms with E-state index in [4.69, 9.17) is 5.11 Å². The van der Waals surface area contributed by atoms with Gasteiger partial charge in [-0.15, -0.1) is 0 Å². The highest BCUT2D eigenvalue weighted by molar-refractivity contribution is 5.85. The van der Waals surface area contributed by atoms with Crippen molar-refractivity contribution in [2.75, 3.05) is 18.0 Å². The number of carboxylic acid groups (broad SMARTS) is 1. The highest BCUT2D eigenvalue weighted by Gasteiger charge is 2.18. The van der Waals surface area contributed by atoms with Crippen molar-refractivity contribution in [3.63, 3.8) is 0 Å². The molecule has 1 saturated heterocycles. The van der Waals surface area contributed by atoms with Crippen LogP contribution >= 0.6 is 0 Å². The number of halogens is 1. The van der Waals surface area contributed by atoms with Crippen molar-refractivity contribution >= 4 is 17.7 Å². The summed E-state index contributed by atoms with van der Waals surface area (Å²) in [6.45, 7) is 3.99. The molecule has 0 aliphatic carbocycles. The Kier molecular flexibility index (Phi) is 5.37. The lowest BCUT2D eigenvalue weighted by Gasteiger charge is -2.23. The molecule has 4 heteroatoms. The van der Waals surface area contributed by atoms with Crippen LogP contribution in [0.25, 0.3) is 6.08 Å². The van der Waals surface area contributed by atoms with Crippen LogP contribution in [0.4, 0.5) is 10.1 Å². The Hall–Kier alpha value is -1.84. The van der Waals surface area contributed by atoms with Crippen molar-refractivity contribution in [2.45, 2.75) is 32.6 Å². The highest BCUT2D eigenvalue weighted by atomic mass is 19.1. The summed E-state index contributed by atoms with van der Waals surface area (Å²) in [6, 6.07) is 4.92. The van der Waals surface area contributed by atoms with Gasteiger partial charge in [0.2, 0.25) is 0 Å². The zero-order valence-electron chi connectivity index (χ0n) is 12.4. The summed E-state index contributed by atoms with van der Waals surface area (Å²) in [5, 5.41) is 8.59. The summed E-state index contributed by atoms with van der Waals surface area (Å²) in [7, 11) is 0. The van der Waals surface area contributed by atoms with E-state index in [9.17, 15) is 9.18 Å². The minimum Gasteiger partial charge on any atom is -0.478 e. The number of anilines is 1. The minimum atomic E-state index is -1.03. The summed E-state index contributed by atoms with van der Waals surface area (Å²) in [4.78, 5) is 12.6. The number of nitrogens with zero attached hydrogens (tertiary/aromatic N) is 1. The van der Waals surface area contributed by atoms with Gasteiger partial charge in [-0.05, 0) is 49.0 Å². The van der Waals surface area contributed by atoms with Crippen LogP contribution in [-0.2, 0) is 4.79 Å². The molecule has 1 unspecified atom stereocenters. The van der Waals surface area contributed by atoms with Gasteiger partial charge in [0.15, 0.2) is 0 Å². The Bertz CT molecular complexity index is 528. The van der Waals surface area contributed by atoms with Crippen LogP contribution in [0.3, 0.4) is 0 Å². The Labute approximate surface area is 125 Å². The Morgan fingerprint density at radius 3 is 2.90 bits per heavy atom. The van der Waals surface area contributed by atoms with Crippen molar-refractivity contribution in [3.05, 3.63) is 35.7 Å². The van der Waals surface area contributed by atoms with Crippen molar-refractivity contribution in [3.8, 4) is 0 Å². The van der Waals surface area contributed by atoms with Crippen LogP contribution in [0, 0.1) is 11.7 Å². The van der Waals surface area contributed by atoms with Crippen LogP contribution in [0.15, 0.2) is 24.3 Å². The Morgan fingerprint density at radius 1 is 1.43 bits per heavy atom. The molecule has 1 atom stereocenters. The number of hydrogen-bond donors (Lipinski definition) is 1. The molecule has 0 amide bonds. The number of rotatable bonds is 4. The molecule has 1 aliphatic heterocycles. The fraction of sp³-hybridized carbons (Fsp3) is 0.471. The predicted molar refractivity (Wildman–Crippen MR) is 82.9 cm³/mol. The summed E-state index contributed by atoms with van der Waals surface area (Å²) >= 11 is 0. The average molecular weight is 291 g/mol. The normalized spacial score (nSPS) is 19.7. The fourth-order valence-corrected chi connectivity index (χ4v) is 2.87. The molecule has 21 heavy (non-hydrogen) atoms. The van der Waals surface area contributed by atoms with E-state index in [1.165, 1.54) is 25.0 Å². The van der Waals surface area contributed by atoms with E-state index in [2.05, 4.69) is 11.8 Å². The quantitative estimate of drug-likeness (QED) is 0.854. The van der Waals surface area contributed by atoms with Gasteiger partial charge in [-0.25, -0.2) is 9.18 Å². The van der Waals surface area contributed by atoms with E-state index in [-0.39, 0.29) is 5.82 Å². The standard InChI is InChI=1S/C17H22FNO2/c1-2-13-4-3-10-19(11-9-13)16-7-5-14(12-15(16)18)6-8-17(20)21/h5-8,12-13H,2-4,9-11H2,1H3,(H,20,21). The maximum absolute atomic E-state index is 14.2. The van der Waals surface area contributed by atoms with E-state index in [0.29, 0.717) is 11.3 Å². The molecule has 1 aliphatic rings. The molecule has 0 spiro atoms. The molecule has 1 aromatic carbocycles. The van der Waals surface area contributed by atoms with E-state index < -0.39 is 5.97 Å². The number of benzene rings is 1. The predicted octanol–water partition coefficient (Wildman–Crippen LogP) is 3.94. The molecule has 2 rings (SSSR count). The second-order valence-corrected chi connectivity index (χ2v) is 5.57. The van der Waals surface area contributed by atoms with Gasteiger partial charge in [-0.2, -0.15) is 0 Å². The third-order valence-electron chi connectivity index (χ3n) is 4.16. The van der Waals surface area contributed by atoms with Crippen molar-refractivity contribution in [2.24, 2.45) is 5.92 Å². The zero-order valence-corrected chi connectivity index (χ0v) is 12.4. The van der Waals surface area contributed by atoms with Crippen LogP contribution in [-0.4, -0.2) is 24.2 Å². The van der Waals surface area contributed by atoms with Crippen LogP contribution < -0.4 is 4.90 Å². The molecule has 1 N–H and O–H groups in total. The maximum atomic E-state index is 14.2. The van der Waals surface area contributed by atoms with E-state index in [1.807, 2.05) is 0 Å². The van der Waals surface area contributed by atoms with Gasteiger partial charge in [0.1, 0.15) is 5.82 Å². The van der Waals surface area contributed by atoms with Crippen LogP contribution in [0.1, 0.15) is 38.2 Å². The zero-order chi connectivity index (χ0) is 15.2. The molecule has 1 aromatic rings. The van der Waals surface area contributed by atoms with Crippen molar-refractivity contribution in [1.29, 1.82) is 0 Å². The van der Waals surface area contributed by atoms with Gasteiger partial charge in [0.25, 0.3) is 0 Å². The molecular weight excluding hydrogens is 269 g/mol. The lowest BCUT2D eigenvalue weighted by Crippen LogP contribution is -2.25. The first-order valence-electron chi connectivity index (χ1n) is 7.55. The number of carbonyl (C=O) groups is 1. The average Bonchev–Trinajstić information content (AvgIpc) is 2.70. The summed E-state index contributed by atoms with van der Waals surface area (Å²) in [5.41, 5.74) is 1.19. The topological polar surface area (TPSA) is 40.5 Å². The number of hydrogen-bond acceptors (Lipinski definition) is 2. The number of aliphatic carboxylic acids is 1. The van der Waals surface area contributed by atoms with Gasteiger partial charge in [-0.1, -0.05) is 19.4 Å². The second kappa shape index (κ2) is 7.25. The lowest BCUT2D eigenvalue weighted by molar-refractivity contribution is -0.131. The van der Waals surface area contributed by atoms with Crippen LogP contribution in [0.2, 0.25) is 0 Å². The molecule has 1 fully saturated rings. The summed E-state index contributed by atoms with van der Waals surface area (Å²) in [5.74, 6) is -0.564. The third kappa shape index (κ3) is 4.31. The lowest BCUT2D eigenvalue weighted by atomic mass is 9.98. The van der Waals surface area contributed by atoms with Crippen molar-refractivity contribution < 1.29 is 14.3 Å². The highest BCUT2D eigenvalue weighted by Crippen LogP contribution is 2.27. The molecule has 0 aromatic heterocycles. The number of carboxylic acids is 1. The van der Waals surface area contributed by atoms with Gasteiger partial charge in [-0.3, -0.25) is 0 Å². The van der Waals surface area contributed by atoms with E-state index in [0.717, 1.165) is 37.9 Å². The van der Waals surface area contributed by atoms with E-state index >= 15 is 0 Å². The van der Waals surface area contributed by atoms with Gasteiger partial charge in [0.05, 0.1) is 5.69 Å². The SMILES string of the molecule is CCC1CCCN(c2ccc(C=CC(=O)O)cc2F)CC1. The molecule has 0 bridgehead atoms. The second-order valence-electron chi connectivity index (χ2n) is 5.57. The molecule has 0 saturated carbocycles. The molecule has 3 nitrogen and oxygen atoms in total. The minimum absolute atomic E-state index is 0.280. The monoisotopic (exact) mass is 291 g/mol. The third-order valence-corrected chi connectivity index (χ3v) is 4.16. The Morgan fingerprint density at radius 2 is 2.24 bits per heavy atom. The first-order chi connectivity index (χ1) is 10.1. The molecular formula is C17H22FNO2. The first-order valence-corrected chi connectivity index (χ1v) is 7.55. The first kappa shape index (κ1) is 15.5. The molecule has 114 valence electrons. The summed E-state index contributed by atoms with van der Waals surface area (Å²) < 4.78 is 14.2. The summed E-state index contributed by atoms with van der Waals surface area (Å²) in [6.07, 6.45) is 7.04. The van der Waals surface area contributed by atoms with Gasteiger partial charge < -0.3 is 10.0 Å². The molecule has 0 radical (unpaired) electrons. The van der Waals surface area contributed by atoms with Crippen LogP contribution in [0.5, 0.6) is 0 Å². The Balaban J connectivity index is 2.11. The smallest absolute Gasteiger partial charge is 0.328 e. The fourth-order valence-electron chi connectivity index (χ4n) is 2.87.